The highest BCUT2D eigenvalue weighted by atomic mass is 16.8. The molecule has 10 unspecified atom stereocenters. The highest BCUT2D eigenvalue weighted by molar-refractivity contribution is 5.88. The molecule has 2 aliphatic heterocycles. The Bertz CT molecular complexity index is 1420. The zero-order valence-electron chi connectivity index (χ0n) is 30.9. The molecule has 0 spiro atoms. The first-order chi connectivity index (χ1) is 23.4. The van der Waals surface area contributed by atoms with Crippen LogP contribution in [0.15, 0.2) is 35.4 Å². The van der Waals surface area contributed by atoms with Gasteiger partial charge < -0.3 is 48.5 Å². The third-order valence-corrected chi connectivity index (χ3v) is 8.85. The molecular weight excluding hydrogens is 652 g/mol. The summed E-state index contributed by atoms with van der Waals surface area (Å²) in [5, 5.41) is 33.5. The summed E-state index contributed by atoms with van der Waals surface area (Å²) in [5.41, 5.74) is 1.77. The first-order valence-corrected chi connectivity index (χ1v) is 17.1. The number of hydrogen-bond donors (Lipinski definition) is 3. The molecule has 10 atom stereocenters. The Kier molecular flexibility index (Phi) is 14.4. The average molecular weight is 707 g/mol. The lowest BCUT2D eigenvalue weighted by atomic mass is 9.96. The Hall–Kier alpha value is -3.49. The number of rotatable bonds is 12. The minimum Gasteiger partial charge on any atom is -0.504 e. The third-order valence-electron chi connectivity index (χ3n) is 8.85. The van der Waals surface area contributed by atoms with Crippen molar-refractivity contribution in [2.75, 3.05) is 0 Å². The summed E-state index contributed by atoms with van der Waals surface area (Å²) in [6, 6.07) is 3.57. The Morgan fingerprint density at radius 1 is 0.800 bits per heavy atom. The molecule has 13 heteroatoms. The van der Waals surface area contributed by atoms with Crippen molar-refractivity contribution in [3.8, 4) is 11.5 Å². The van der Waals surface area contributed by atoms with Crippen molar-refractivity contribution in [3.63, 3.8) is 0 Å². The van der Waals surface area contributed by atoms with Crippen LogP contribution >= 0.6 is 0 Å². The van der Waals surface area contributed by atoms with Crippen molar-refractivity contribution < 1.29 is 62.9 Å². The van der Waals surface area contributed by atoms with Crippen molar-refractivity contribution in [3.05, 3.63) is 46.6 Å². The van der Waals surface area contributed by atoms with Gasteiger partial charge in [0.25, 0.3) is 0 Å². The van der Waals surface area contributed by atoms with E-state index in [1.165, 1.54) is 6.92 Å². The second-order valence-electron chi connectivity index (χ2n) is 13.7. The summed E-state index contributed by atoms with van der Waals surface area (Å²) in [5.74, 6) is -2.23. The maximum absolute atomic E-state index is 13.3. The summed E-state index contributed by atoms with van der Waals surface area (Å²) in [6.45, 7) is 18.8. The topological polar surface area (TPSA) is 177 Å². The van der Waals surface area contributed by atoms with Gasteiger partial charge in [-0.3, -0.25) is 4.79 Å². The molecule has 13 nitrogen and oxygen atoms in total. The van der Waals surface area contributed by atoms with Crippen LogP contribution in [0.25, 0.3) is 0 Å². The van der Waals surface area contributed by atoms with Gasteiger partial charge in [0, 0.05) is 23.1 Å². The molecule has 280 valence electrons. The van der Waals surface area contributed by atoms with Crippen molar-refractivity contribution in [1.82, 2.24) is 0 Å². The third kappa shape index (κ3) is 9.64. The fourth-order valence-electron chi connectivity index (χ4n) is 5.53. The molecule has 0 saturated carbocycles. The molecule has 2 saturated heterocycles. The van der Waals surface area contributed by atoms with Gasteiger partial charge in [-0.25, -0.2) is 9.59 Å². The predicted octanol–water partition coefficient (Wildman–Crippen LogP) is 4.51. The predicted molar refractivity (Wildman–Crippen MR) is 181 cm³/mol. The molecular formula is C37H54O13. The Labute approximate surface area is 294 Å². The molecule has 50 heavy (non-hydrogen) atoms. The van der Waals surface area contributed by atoms with Crippen LogP contribution in [-0.2, 0) is 42.8 Å². The highest BCUT2D eigenvalue weighted by Crippen LogP contribution is 2.41. The summed E-state index contributed by atoms with van der Waals surface area (Å²) >= 11 is 0. The van der Waals surface area contributed by atoms with Crippen molar-refractivity contribution in [2.45, 2.75) is 150 Å². The van der Waals surface area contributed by atoms with E-state index in [2.05, 4.69) is 0 Å². The molecule has 0 radical (unpaired) electrons. The number of aryl methyl sites for hydroxylation is 1. The molecule has 3 rings (SSSR count). The number of allylic oxidation sites excluding steroid dienone is 2. The zero-order chi connectivity index (χ0) is 37.6. The van der Waals surface area contributed by atoms with Crippen LogP contribution in [0.1, 0.15) is 92.7 Å². The summed E-state index contributed by atoms with van der Waals surface area (Å²) in [4.78, 5) is 38.9. The van der Waals surface area contributed by atoms with Gasteiger partial charge in [0.2, 0.25) is 6.29 Å². The fraction of sp³-hybridized carbons (Fsp3) is 0.649. The monoisotopic (exact) mass is 706 g/mol. The minimum absolute atomic E-state index is 0.0114. The van der Waals surface area contributed by atoms with E-state index in [0.29, 0.717) is 16.7 Å². The van der Waals surface area contributed by atoms with E-state index in [1.54, 1.807) is 59.8 Å². The second-order valence-corrected chi connectivity index (χ2v) is 13.7. The highest BCUT2D eigenvalue weighted by Gasteiger charge is 2.55. The van der Waals surface area contributed by atoms with Crippen molar-refractivity contribution in [2.24, 2.45) is 5.92 Å². The number of carbonyl (C=O) groups is 3. The molecule has 3 N–H and O–H groups in total. The quantitative estimate of drug-likeness (QED) is 0.157. The largest absolute Gasteiger partial charge is 0.504 e. The molecule has 0 aromatic heterocycles. The molecule has 1 aromatic carbocycles. The molecule has 2 fully saturated rings. The van der Waals surface area contributed by atoms with E-state index < -0.39 is 79.3 Å². The van der Waals surface area contributed by atoms with E-state index in [0.717, 1.165) is 0 Å². The van der Waals surface area contributed by atoms with E-state index in [4.69, 9.17) is 33.2 Å². The lowest BCUT2D eigenvalue weighted by Gasteiger charge is -2.47. The standard InChI is InChI=1S/C37H54O13/c1-12-19(7)34(42)47-29-22(10)44-36(28(41)27(29)40)50-32-30(48-35(43)20(8)13-2)23(11)45-37(33(32)46-25(38)16-17(3)4)49-31-24(18(5)6)15-14-21(9)26(31)39/h12-15,17-18,22-23,27-30,32-33,36-37,39-41H,16H2,1-11H3. The van der Waals surface area contributed by atoms with E-state index in [1.807, 2.05) is 33.8 Å². The minimum atomic E-state index is -1.76. The van der Waals surface area contributed by atoms with Gasteiger partial charge in [-0.05, 0) is 65.9 Å². The van der Waals surface area contributed by atoms with Crippen LogP contribution in [0.4, 0.5) is 0 Å². The van der Waals surface area contributed by atoms with Crippen LogP contribution in [0, 0.1) is 12.8 Å². The number of phenols is 1. The molecule has 1 aromatic rings. The maximum Gasteiger partial charge on any atom is 0.333 e. The number of aliphatic hydroxyl groups excluding tert-OH is 2. The van der Waals surface area contributed by atoms with Crippen LogP contribution < -0.4 is 4.74 Å². The number of aliphatic hydroxyl groups is 2. The number of ether oxygens (including phenoxy) is 7. The lowest BCUT2D eigenvalue weighted by molar-refractivity contribution is -0.348. The van der Waals surface area contributed by atoms with Gasteiger partial charge in [-0.15, -0.1) is 0 Å². The van der Waals surface area contributed by atoms with Gasteiger partial charge >= 0.3 is 17.9 Å². The summed E-state index contributed by atoms with van der Waals surface area (Å²) in [6.07, 6.45) is -10.5. The van der Waals surface area contributed by atoms with Gasteiger partial charge in [-0.1, -0.05) is 52.0 Å². The Balaban J connectivity index is 2.10. The first-order valence-electron chi connectivity index (χ1n) is 17.1. The van der Waals surface area contributed by atoms with Gasteiger partial charge in [-0.2, -0.15) is 0 Å². The first kappa shape index (κ1) is 40.9. The molecule has 0 aliphatic carbocycles. The molecule has 0 amide bonds. The zero-order valence-corrected chi connectivity index (χ0v) is 30.9. The van der Waals surface area contributed by atoms with Gasteiger partial charge in [0.15, 0.2) is 36.1 Å². The maximum atomic E-state index is 13.3. The number of benzene rings is 1. The SMILES string of the molecule is CC=C(C)C(=O)OC1C(C)OC(OC2C(OC(=O)C(C)=CC)C(C)OC(Oc3c(C(C)C)ccc(C)c3O)C2OC(=O)CC(C)C)C(O)C1O. The van der Waals surface area contributed by atoms with E-state index >= 15 is 0 Å². The van der Waals surface area contributed by atoms with Gasteiger partial charge in [0.1, 0.15) is 18.3 Å². The van der Waals surface area contributed by atoms with E-state index in [-0.39, 0.29) is 35.3 Å². The van der Waals surface area contributed by atoms with Crippen molar-refractivity contribution >= 4 is 17.9 Å². The molecule has 2 aliphatic rings. The smallest absolute Gasteiger partial charge is 0.333 e. The van der Waals surface area contributed by atoms with Crippen LogP contribution in [0.2, 0.25) is 0 Å². The number of hydrogen-bond acceptors (Lipinski definition) is 13. The number of phenolic OH excluding ortho intramolecular Hbond substituents is 1. The normalized spacial score (nSPS) is 30.6. The van der Waals surface area contributed by atoms with Crippen LogP contribution in [0.3, 0.4) is 0 Å². The second kappa shape index (κ2) is 17.6. The van der Waals surface area contributed by atoms with Gasteiger partial charge in [0.05, 0.1) is 12.2 Å². The number of carbonyl (C=O) groups excluding carboxylic acids is 3. The molecule has 0 bridgehead atoms. The fourth-order valence-corrected chi connectivity index (χ4v) is 5.53. The van der Waals surface area contributed by atoms with Crippen molar-refractivity contribution in [1.29, 1.82) is 0 Å². The lowest BCUT2D eigenvalue weighted by Crippen LogP contribution is -2.65. The number of aromatic hydroxyl groups is 1. The van der Waals surface area contributed by atoms with E-state index in [9.17, 15) is 29.7 Å². The summed E-state index contributed by atoms with van der Waals surface area (Å²) < 4.78 is 42.2. The van der Waals surface area contributed by atoms with Crippen LogP contribution in [-0.4, -0.2) is 94.6 Å². The van der Waals surface area contributed by atoms with Crippen LogP contribution in [0.5, 0.6) is 11.5 Å². The average Bonchev–Trinajstić information content (AvgIpc) is 3.05. The Morgan fingerprint density at radius 2 is 1.34 bits per heavy atom. The number of esters is 3. The molecule has 2 heterocycles. The summed E-state index contributed by atoms with van der Waals surface area (Å²) in [7, 11) is 0. The Morgan fingerprint density at radius 3 is 1.88 bits per heavy atom.